The Kier molecular flexibility index (Phi) is 3.83. The van der Waals surface area contributed by atoms with Gasteiger partial charge >= 0.3 is 6.18 Å². The summed E-state index contributed by atoms with van der Waals surface area (Å²) in [6, 6.07) is 0.835. The van der Waals surface area contributed by atoms with E-state index in [2.05, 4.69) is 0 Å². The third-order valence-electron chi connectivity index (χ3n) is 2.25. The molecule has 0 bridgehead atoms. The second-order valence-corrected chi connectivity index (χ2v) is 3.89. The van der Waals surface area contributed by atoms with Gasteiger partial charge in [0.2, 0.25) is 0 Å². The number of hydrogen-bond donors (Lipinski definition) is 0. The smallest absolute Gasteiger partial charge is 0.416 e. The van der Waals surface area contributed by atoms with E-state index in [-0.39, 0.29) is 0 Å². The summed E-state index contributed by atoms with van der Waals surface area (Å²) in [5, 5.41) is 10.8. The highest BCUT2D eigenvalue weighted by Gasteiger charge is 2.32. The monoisotopic (exact) mass is 264 g/mol. The van der Waals surface area contributed by atoms with Gasteiger partial charge in [-0.05, 0) is 32.0 Å². The second-order valence-electron chi connectivity index (χ2n) is 3.89. The van der Waals surface area contributed by atoms with Gasteiger partial charge in [0, 0.05) is 6.04 Å². The zero-order valence-corrected chi connectivity index (χ0v) is 9.58. The molecule has 0 radical (unpaired) electrons. The second kappa shape index (κ2) is 4.83. The molecule has 1 amide bonds. The number of amides is 1. The van der Waals surface area contributed by atoms with Crippen LogP contribution in [-0.4, -0.2) is 12.1 Å². The van der Waals surface area contributed by atoms with Crippen LogP contribution in [0.2, 0.25) is 0 Å². The van der Waals surface area contributed by atoms with Gasteiger partial charge in [-0.1, -0.05) is 0 Å². The number of nitrogens with zero attached hydrogens (tertiary/aromatic N) is 1. The number of carbonyl (C=O) groups is 1. The van der Waals surface area contributed by atoms with Gasteiger partial charge in [0.1, 0.15) is 11.9 Å². The largest absolute Gasteiger partial charge is 0.530 e. The molecule has 1 aromatic rings. The number of carboxylic acid groups (broad SMARTS) is 1. The normalized spacial score (nSPS) is 11.7. The quantitative estimate of drug-likeness (QED) is 0.770. The van der Waals surface area contributed by atoms with Crippen LogP contribution >= 0.6 is 0 Å². The summed E-state index contributed by atoms with van der Waals surface area (Å²) < 4.78 is 50.8. The zero-order chi connectivity index (χ0) is 14.1. The van der Waals surface area contributed by atoms with Crippen LogP contribution in [0.25, 0.3) is 0 Å². The summed E-state index contributed by atoms with van der Waals surface area (Å²) >= 11 is 0. The Bertz CT molecular complexity index is 457. The van der Waals surface area contributed by atoms with E-state index in [1.807, 2.05) is 0 Å². The van der Waals surface area contributed by atoms with Crippen molar-refractivity contribution < 1.29 is 27.5 Å². The van der Waals surface area contributed by atoms with Crippen LogP contribution in [0.3, 0.4) is 0 Å². The standard InChI is InChI=1S/C11H11F4NO2/c1-6(2)16(10(17)18)9-5-7(11(13,14)15)3-4-8(9)12/h3-6H,1-2H3,(H,17,18)/p-1. The fourth-order valence-electron chi connectivity index (χ4n) is 1.46. The van der Waals surface area contributed by atoms with Gasteiger partial charge in [-0.25, -0.2) is 4.39 Å². The molecule has 100 valence electrons. The number of benzene rings is 1. The van der Waals surface area contributed by atoms with Crippen LogP contribution in [0.1, 0.15) is 19.4 Å². The van der Waals surface area contributed by atoms with Crippen molar-refractivity contribution in [1.82, 2.24) is 0 Å². The summed E-state index contributed by atoms with van der Waals surface area (Å²) in [7, 11) is 0. The average molecular weight is 264 g/mol. The molecule has 3 nitrogen and oxygen atoms in total. The predicted molar refractivity (Wildman–Crippen MR) is 54.4 cm³/mol. The molecule has 0 atom stereocenters. The fraction of sp³-hybridized carbons (Fsp3) is 0.364. The summed E-state index contributed by atoms with van der Waals surface area (Å²) in [6.07, 6.45) is -6.43. The molecule has 0 aliphatic carbocycles. The summed E-state index contributed by atoms with van der Waals surface area (Å²) in [5.74, 6) is -1.05. The lowest BCUT2D eigenvalue weighted by Gasteiger charge is -2.30. The molecule has 0 spiro atoms. The molecule has 0 heterocycles. The average Bonchev–Trinajstić information content (AvgIpc) is 2.18. The van der Waals surface area contributed by atoms with Gasteiger partial charge in [0.05, 0.1) is 11.3 Å². The summed E-state index contributed by atoms with van der Waals surface area (Å²) in [6.45, 7) is 2.80. The van der Waals surface area contributed by atoms with E-state index in [1.54, 1.807) is 0 Å². The Hall–Kier alpha value is -1.79. The number of halogens is 4. The molecule has 0 fully saturated rings. The first-order valence-corrected chi connectivity index (χ1v) is 5.01. The number of alkyl halides is 3. The molecule has 0 saturated carbocycles. The molecular formula is C11H10F4NO2-. The van der Waals surface area contributed by atoms with Crippen LogP contribution in [-0.2, 0) is 6.18 Å². The maximum absolute atomic E-state index is 13.4. The zero-order valence-electron chi connectivity index (χ0n) is 9.58. The first-order valence-electron chi connectivity index (χ1n) is 5.01. The van der Waals surface area contributed by atoms with E-state index in [4.69, 9.17) is 0 Å². The number of hydrogen-bond acceptors (Lipinski definition) is 2. The molecule has 0 aliphatic heterocycles. The third-order valence-corrected chi connectivity index (χ3v) is 2.25. The minimum absolute atomic E-state index is 0.435. The van der Waals surface area contributed by atoms with E-state index in [9.17, 15) is 27.5 Å². The van der Waals surface area contributed by atoms with Gasteiger partial charge < -0.3 is 14.8 Å². The molecule has 1 aromatic carbocycles. The van der Waals surface area contributed by atoms with Gasteiger partial charge in [0.25, 0.3) is 0 Å². The molecule has 7 heteroatoms. The minimum Gasteiger partial charge on any atom is -0.530 e. The summed E-state index contributed by atoms with van der Waals surface area (Å²) in [5.41, 5.74) is -1.79. The molecule has 18 heavy (non-hydrogen) atoms. The Morgan fingerprint density at radius 2 is 1.89 bits per heavy atom. The molecular weight excluding hydrogens is 254 g/mol. The number of carbonyl (C=O) groups excluding carboxylic acids is 1. The van der Waals surface area contributed by atoms with E-state index >= 15 is 0 Å². The Labute approximate surface area is 101 Å². The van der Waals surface area contributed by atoms with Gasteiger partial charge in [-0.3, -0.25) is 0 Å². The van der Waals surface area contributed by atoms with Crippen molar-refractivity contribution in [1.29, 1.82) is 0 Å². The van der Waals surface area contributed by atoms with Crippen molar-refractivity contribution in [3.63, 3.8) is 0 Å². The van der Waals surface area contributed by atoms with Crippen molar-refractivity contribution in [3.8, 4) is 0 Å². The highest BCUT2D eigenvalue weighted by Crippen LogP contribution is 2.33. The van der Waals surface area contributed by atoms with Gasteiger partial charge in [-0.15, -0.1) is 0 Å². The van der Waals surface area contributed by atoms with E-state index in [1.165, 1.54) is 13.8 Å². The first-order chi connectivity index (χ1) is 8.14. The van der Waals surface area contributed by atoms with E-state index < -0.39 is 35.4 Å². The highest BCUT2D eigenvalue weighted by atomic mass is 19.4. The Balaban J connectivity index is 3.34. The highest BCUT2D eigenvalue weighted by molar-refractivity contribution is 5.85. The topological polar surface area (TPSA) is 43.4 Å². The lowest BCUT2D eigenvalue weighted by atomic mass is 10.1. The van der Waals surface area contributed by atoms with E-state index in [0.29, 0.717) is 23.1 Å². The van der Waals surface area contributed by atoms with Crippen LogP contribution < -0.4 is 10.0 Å². The Morgan fingerprint density at radius 1 is 1.33 bits per heavy atom. The first kappa shape index (κ1) is 14.3. The third kappa shape index (κ3) is 2.91. The molecule has 0 unspecified atom stereocenters. The Morgan fingerprint density at radius 3 is 2.28 bits per heavy atom. The molecule has 0 aliphatic rings. The maximum Gasteiger partial charge on any atom is 0.416 e. The predicted octanol–water partition coefficient (Wildman–Crippen LogP) is 2.40. The van der Waals surface area contributed by atoms with Crippen LogP contribution in [0, 0.1) is 5.82 Å². The maximum atomic E-state index is 13.4. The van der Waals surface area contributed by atoms with Crippen molar-refractivity contribution >= 4 is 11.8 Å². The van der Waals surface area contributed by atoms with Crippen molar-refractivity contribution in [2.75, 3.05) is 4.90 Å². The van der Waals surface area contributed by atoms with Gasteiger partial charge in [-0.2, -0.15) is 13.2 Å². The van der Waals surface area contributed by atoms with Crippen molar-refractivity contribution in [2.45, 2.75) is 26.1 Å². The molecule has 0 saturated heterocycles. The van der Waals surface area contributed by atoms with Gasteiger partial charge in [0.15, 0.2) is 0 Å². The molecule has 0 aromatic heterocycles. The molecule has 1 rings (SSSR count). The van der Waals surface area contributed by atoms with Crippen LogP contribution in [0.15, 0.2) is 18.2 Å². The lowest BCUT2D eigenvalue weighted by Crippen LogP contribution is -2.46. The summed E-state index contributed by atoms with van der Waals surface area (Å²) in [4.78, 5) is 11.3. The van der Waals surface area contributed by atoms with Crippen LogP contribution in [0.4, 0.5) is 28.0 Å². The van der Waals surface area contributed by atoms with Crippen LogP contribution in [0.5, 0.6) is 0 Å². The van der Waals surface area contributed by atoms with E-state index in [0.717, 1.165) is 0 Å². The van der Waals surface area contributed by atoms with Crippen molar-refractivity contribution in [3.05, 3.63) is 29.6 Å². The number of rotatable bonds is 2. The number of anilines is 1. The lowest BCUT2D eigenvalue weighted by molar-refractivity contribution is -0.247. The van der Waals surface area contributed by atoms with Crippen molar-refractivity contribution in [2.24, 2.45) is 0 Å². The molecule has 0 N–H and O–H groups in total. The fourth-order valence-corrected chi connectivity index (χ4v) is 1.46. The minimum atomic E-state index is -4.67. The SMILES string of the molecule is CC(C)N(C(=O)[O-])c1cc(C(F)(F)F)ccc1F.